The molecule has 1 aliphatic rings. The van der Waals surface area contributed by atoms with Crippen LogP contribution in [0.4, 0.5) is 0 Å². The molecular weight excluding hydrogens is 360 g/mol. The van der Waals surface area contributed by atoms with E-state index in [1.165, 1.54) is 0 Å². The maximum absolute atomic E-state index is 12.3. The van der Waals surface area contributed by atoms with Crippen molar-refractivity contribution in [3.8, 4) is 23.0 Å². The Labute approximate surface area is 162 Å². The van der Waals surface area contributed by atoms with Crippen molar-refractivity contribution in [1.82, 2.24) is 10.1 Å². The third-order valence-corrected chi connectivity index (χ3v) is 4.36. The van der Waals surface area contributed by atoms with Crippen LogP contribution in [0.5, 0.6) is 11.6 Å². The van der Waals surface area contributed by atoms with Crippen LogP contribution in [-0.2, 0) is 17.8 Å². The quantitative estimate of drug-likeness (QED) is 0.601. The maximum Gasteiger partial charge on any atom is 0.344 e. The summed E-state index contributed by atoms with van der Waals surface area (Å²) in [6.45, 7) is 4.27. The predicted octanol–water partition coefficient (Wildman–Crippen LogP) is 3.82. The van der Waals surface area contributed by atoms with Crippen LogP contribution in [0.1, 0.15) is 35.5 Å². The van der Waals surface area contributed by atoms with Crippen molar-refractivity contribution in [2.75, 3.05) is 6.61 Å². The summed E-state index contributed by atoms with van der Waals surface area (Å²) in [5, 5.41) is 4.00. The number of esters is 1. The van der Waals surface area contributed by atoms with Crippen LogP contribution in [-0.4, -0.2) is 28.8 Å². The van der Waals surface area contributed by atoms with Crippen molar-refractivity contribution in [3.63, 3.8) is 0 Å². The van der Waals surface area contributed by atoms with Crippen molar-refractivity contribution in [3.05, 3.63) is 59.4 Å². The van der Waals surface area contributed by atoms with E-state index in [1.54, 1.807) is 24.4 Å². The number of fused-ring (bicyclic) bond motifs is 1. The van der Waals surface area contributed by atoms with Gasteiger partial charge in [-0.25, -0.2) is 9.78 Å². The number of nitrogens with zero attached hydrogens (tertiary/aromatic N) is 2. The second-order valence-corrected chi connectivity index (χ2v) is 6.50. The zero-order valence-electron chi connectivity index (χ0n) is 15.7. The number of hydrogen-bond donors (Lipinski definition) is 0. The standard InChI is InChI=1S/C21H20N2O5/c1-3-25-20-17(5-4-8-22-20)21(24)26-12-16-11-19(28-23-16)14-6-7-18-15(10-14)9-13(2)27-18/h4-8,10-11,13H,3,9,12H2,1-2H3. The van der Waals surface area contributed by atoms with Crippen molar-refractivity contribution < 1.29 is 23.5 Å². The average molecular weight is 380 g/mol. The van der Waals surface area contributed by atoms with E-state index in [0.717, 1.165) is 23.3 Å². The van der Waals surface area contributed by atoms with Gasteiger partial charge in [-0.3, -0.25) is 0 Å². The van der Waals surface area contributed by atoms with E-state index >= 15 is 0 Å². The molecule has 2 aromatic heterocycles. The number of carbonyl (C=O) groups excluding carboxylic acids is 1. The van der Waals surface area contributed by atoms with Crippen molar-refractivity contribution in [2.45, 2.75) is 33.0 Å². The summed E-state index contributed by atoms with van der Waals surface area (Å²) >= 11 is 0. The van der Waals surface area contributed by atoms with Crippen LogP contribution >= 0.6 is 0 Å². The highest BCUT2D eigenvalue weighted by molar-refractivity contribution is 5.91. The molecule has 1 aromatic carbocycles. The van der Waals surface area contributed by atoms with Crippen LogP contribution in [0, 0.1) is 0 Å². The highest BCUT2D eigenvalue weighted by atomic mass is 16.5. The number of hydrogen-bond acceptors (Lipinski definition) is 7. The summed E-state index contributed by atoms with van der Waals surface area (Å²) in [7, 11) is 0. The summed E-state index contributed by atoms with van der Waals surface area (Å²) in [5.41, 5.74) is 2.86. The highest BCUT2D eigenvalue weighted by Gasteiger charge is 2.20. The first kappa shape index (κ1) is 18.0. The number of benzene rings is 1. The van der Waals surface area contributed by atoms with Crippen molar-refractivity contribution in [2.24, 2.45) is 0 Å². The largest absolute Gasteiger partial charge is 0.490 e. The van der Waals surface area contributed by atoms with Crippen LogP contribution in [0.15, 0.2) is 47.1 Å². The molecule has 0 bridgehead atoms. The molecule has 0 saturated heterocycles. The Hall–Kier alpha value is -3.35. The molecule has 0 N–H and O–H groups in total. The lowest BCUT2D eigenvalue weighted by atomic mass is 10.1. The van der Waals surface area contributed by atoms with Crippen LogP contribution < -0.4 is 9.47 Å². The minimum Gasteiger partial charge on any atom is -0.490 e. The normalized spacial score (nSPS) is 15.0. The van der Waals surface area contributed by atoms with E-state index in [0.29, 0.717) is 18.1 Å². The Morgan fingerprint density at radius 3 is 3.04 bits per heavy atom. The van der Waals surface area contributed by atoms with Crippen LogP contribution in [0.2, 0.25) is 0 Å². The van der Waals surface area contributed by atoms with Crippen molar-refractivity contribution in [1.29, 1.82) is 0 Å². The van der Waals surface area contributed by atoms with Crippen molar-refractivity contribution >= 4 is 5.97 Å². The lowest BCUT2D eigenvalue weighted by molar-refractivity contribution is 0.0459. The smallest absolute Gasteiger partial charge is 0.344 e. The maximum atomic E-state index is 12.3. The van der Waals surface area contributed by atoms with Crippen LogP contribution in [0.25, 0.3) is 11.3 Å². The molecule has 0 fully saturated rings. The summed E-state index contributed by atoms with van der Waals surface area (Å²) in [6.07, 6.45) is 2.62. The molecule has 0 aliphatic carbocycles. The second-order valence-electron chi connectivity index (χ2n) is 6.50. The van der Waals surface area contributed by atoms with Gasteiger partial charge in [0.05, 0.1) is 6.61 Å². The fourth-order valence-corrected chi connectivity index (χ4v) is 3.11. The third kappa shape index (κ3) is 3.69. The summed E-state index contributed by atoms with van der Waals surface area (Å²) < 4.78 is 21.8. The number of rotatable bonds is 6. The summed E-state index contributed by atoms with van der Waals surface area (Å²) in [5.74, 6) is 1.26. The van der Waals surface area contributed by atoms with Gasteiger partial charge < -0.3 is 18.7 Å². The Balaban J connectivity index is 1.43. The lowest BCUT2D eigenvalue weighted by Gasteiger charge is -2.07. The van der Waals surface area contributed by atoms with Gasteiger partial charge >= 0.3 is 5.97 Å². The fourth-order valence-electron chi connectivity index (χ4n) is 3.11. The number of ether oxygens (including phenoxy) is 3. The van der Waals surface area contributed by atoms with Gasteiger partial charge in [0.25, 0.3) is 0 Å². The molecule has 0 radical (unpaired) electrons. The minimum absolute atomic E-state index is 0.00607. The molecule has 3 heterocycles. The molecule has 0 saturated carbocycles. The van der Waals surface area contributed by atoms with Gasteiger partial charge in [-0.2, -0.15) is 0 Å². The molecule has 0 spiro atoms. The predicted molar refractivity (Wildman–Crippen MR) is 100 cm³/mol. The average Bonchev–Trinajstić information content (AvgIpc) is 3.31. The molecule has 3 aromatic rings. The zero-order chi connectivity index (χ0) is 19.5. The van der Waals surface area contributed by atoms with Gasteiger partial charge in [-0.15, -0.1) is 0 Å². The summed E-state index contributed by atoms with van der Waals surface area (Å²) in [4.78, 5) is 16.4. The Bertz CT molecular complexity index is 998. The van der Waals surface area contributed by atoms with Gasteiger partial charge in [0.1, 0.15) is 29.7 Å². The second kappa shape index (κ2) is 7.72. The molecule has 1 aliphatic heterocycles. The Morgan fingerprint density at radius 2 is 2.18 bits per heavy atom. The molecule has 0 amide bonds. The zero-order valence-corrected chi connectivity index (χ0v) is 15.7. The van der Waals surface area contributed by atoms with E-state index in [9.17, 15) is 4.79 Å². The van der Waals surface area contributed by atoms with Gasteiger partial charge in [-0.1, -0.05) is 5.16 Å². The lowest BCUT2D eigenvalue weighted by Crippen LogP contribution is -2.09. The van der Waals surface area contributed by atoms with Crippen LogP contribution in [0.3, 0.4) is 0 Å². The minimum atomic E-state index is -0.523. The molecule has 144 valence electrons. The first-order valence-corrected chi connectivity index (χ1v) is 9.14. The topological polar surface area (TPSA) is 83.7 Å². The molecule has 28 heavy (non-hydrogen) atoms. The Morgan fingerprint density at radius 1 is 1.29 bits per heavy atom. The van der Waals surface area contributed by atoms with Gasteiger partial charge in [-0.05, 0) is 49.7 Å². The SMILES string of the molecule is CCOc1ncccc1C(=O)OCc1cc(-c2ccc3c(c2)CC(C)O3)on1. The van der Waals surface area contributed by atoms with E-state index in [2.05, 4.69) is 10.1 Å². The summed E-state index contributed by atoms with van der Waals surface area (Å²) in [6, 6.07) is 10.9. The highest BCUT2D eigenvalue weighted by Crippen LogP contribution is 2.33. The first-order valence-electron chi connectivity index (χ1n) is 9.14. The van der Waals surface area contributed by atoms with E-state index in [4.69, 9.17) is 18.7 Å². The molecule has 7 heteroatoms. The van der Waals surface area contributed by atoms with Gasteiger partial charge in [0, 0.05) is 24.2 Å². The molecular formula is C21H20N2O5. The van der Waals surface area contributed by atoms with Gasteiger partial charge in [0.2, 0.25) is 5.88 Å². The third-order valence-electron chi connectivity index (χ3n) is 4.36. The van der Waals surface area contributed by atoms with Gasteiger partial charge in [0.15, 0.2) is 5.76 Å². The number of aromatic nitrogens is 2. The molecule has 1 unspecified atom stereocenters. The number of pyridine rings is 1. The fraction of sp³-hybridized carbons (Fsp3) is 0.286. The number of carbonyl (C=O) groups is 1. The molecule has 4 rings (SSSR count). The monoisotopic (exact) mass is 380 g/mol. The van der Waals surface area contributed by atoms with E-state index < -0.39 is 5.97 Å². The molecule has 7 nitrogen and oxygen atoms in total. The van der Waals surface area contributed by atoms with E-state index in [-0.39, 0.29) is 24.2 Å². The first-order chi connectivity index (χ1) is 13.6. The Kier molecular flexibility index (Phi) is 4.97. The molecule has 1 atom stereocenters. The van der Waals surface area contributed by atoms with E-state index in [1.807, 2.05) is 32.0 Å².